The topological polar surface area (TPSA) is 66.8 Å². The minimum Gasteiger partial charge on any atom is -0.497 e. The molecule has 2 aromatic carbocycles. The third-order valence-corrected chi connectivity index (χ3v) is 5.69. The maximum Gasteiger partial charge on any atom is 0.313 e. The number of thioether (sulfide) groups is 2. The molecule has 0 radical (unpaired) electrons. The first-order valence-electron chi connectivity index (χ1n) is 7.43. The van der Waals surface area contributed by atoms with Gasteiger partial charge in [0, 0.05) is 10.6 Å². The van der Waals surface area contributed by atoms with Gasteiger partial charge in [-0.25, -0.2) is 0 Å². The fourth-order valence-electron chi connectivity index (χ4n) is 2.19. The second-order valence-corrected chi connectivity index (χ2v) is 7.35. The lowest BCUT2D eigenvalue weighted by Crippen LogP contribution is -2.19. The van der Waals surface area contributed by atoms with E-state index in [0.29, 0.717) is 5.75 Å². The number of benzene rings is 2. The van der Waals surface area contributed by atoms with Crippen LogP contribution in [-0.4, -0.2) is 40.9 Å². The van der Waals surface area contributed by atoms with Gasteiger partial charge in [0.2, 0.25) is 0 Å². The fraction of sp³-hybridized carbons (Fsp3) is 0.278. The molecule has 128 valence electrons. The van der Waals surface area contributed by atoms with Crippen molar-refractivity contribution in [3.05, 3.63) is 60.2 Å². The molecule has 0 saturated heterocycles. The van der Waals surface area contributed by atoms with Crippen molar-refractivity contribution in [2.24, 2.45) is 0 Å². The third kappa shape index (κ3) is 5.78. The molecule has 2 N–H and O–H groups in total. The van der Waals surface area contributed by atoms with E-state index in [2.05, 4.69) is 0 Å². The molecule has 0 heterocycles. The van der Waals surface area contributed by atoms with E-state index in [1.54, 1.807) is 18.9 Å². The molecule has 2 aromatic rings. The first-order chi connectivity index (χ1) is 11.6. The zero-order chi connectivity index (χ0) is 17.4. The summed E-state index contributed by atoms with van der Waals surface area (Å²) in [7, 11) is 1.62. The third-order valence-electron chi connectivity index (χ3n) is 3.30. The Morgan fingerprint density at radius 2 is 1.92 bits per heavy atom. The number of hydrogen-bond acceptors (Lipinski definition) is 5. The Balaban J connectivity index is 2.14. The molecule has 0 fully saturated rings. The Morgan fingerprint density at radius 1 is 1.17 bits per heavy atom. The number of carboxylic acids is 1. The number of aliphatic hydroxyl groups is 1. The highest BCUT2D eigenvalue weighted by atomic mass is 32.2. The van der Waals surface area contributed by atoms with Crippen molar-refractivity contribution in [1.29, 1.82) is 0 Å². The molecule has 2 rings (SSSR count). The van der Waals surface area contributed by atoms with Gasteiger partial charge < -0.3 is 14.9 Å². The van der Waals surface area contributed by atoms with Gasteiger partial charge in [0.1, 0.15) is 5.75 Å². The molecule has 0 aliphatic heterocycles. The average molecular weight is 364 g/mol. The Labute approximate surface area is 150 Å². The first-order valence-corrected chi connectivity index (χ1v) is 9.47. The van der Waals surface area contributed by atoms with Crippen LogP contribution in [0.15, 0.2) is 59.5 Å². The summed E-state index contributed by atoms with van der Waals surface area (Å²) < 4.78 is 5.25. The van der Waals surface area contributed by atoms with Gasteiger partial charge in [-0.15, -0.1) is 23.5 Å². The minimum absolute atomic E-state index is 0.0115. The van der Waals surface area contributed by atoms with E-state index in [9.17, 15) is 9.90 Å². The van der Waals surface area contributed by atoms with Crippen molar-refractivity contribution in [2.45, 2.75) is 16.2 Å². The van der Waals surface area contributed by atoms with Gasteiger partial charge >= 0.3 is 5.97 Å². The van der Waals surface area contributed by atoms with E-state index in [1.165, 1.54) is 11.8 Å². The van der Waals surface area contributed by atoms with E-state index in [-0.39, 0.29) is 11.0 Å². The van der Waals surface area contributed by atoms with E-state index in [4.69, 9.17) is 9.84 Å². The van der Waals surface area contributed by atoms with E-state index in [0.717, 1.165) is 16.2 Å². The minimum atomic E-state index is -0.871. The largest absolute Gasteiger partial charge is 0.497 e. The Morgan fingerprint density at radius 3 is 2.58 bits per heavy atom. The number of carboxylic acid groups (broad SMARTS) is 1. The Kier molecular flexibility index (Phi) is 7.49. The van der Waals surface area contributed by atoms with Gasteiger partial charge in [0.25, 0.3) is 0 Å². The quantitative estimate of drug-likeness (QED) is 0.661. The molecule has 0 saturated carbocycles. The normalized spacial score (nSPS) is 13.2. The number of aliphatic hydroxyl groups excluding tert-OH is 1. The molecule has 0 bridgehead atoms. The molecular weight excluding hydrogens is 344 g/mol. The number of aliphatic carboxylic acids is 1. The van der Waals surface area contributed by atoms with Gasteiger partial charge in [-0.2, -0.15) is 0 Å². The number of methoxy groups -OCH3 is 1. The zero-order valence-electron chi connectivity index (χ0n) is 13.3. The molecule has 0 aromatic heterocycles. The molecule has 0 amide bonds. The summed E-state index contributed by atoms with van der Waals surface area (Å²) in [6.45, 7) is 0. The van der Waals surface area contributed by atoms with Gasteiger partial charge in [-0.1, -0.05) is 36.4 Å². The molecular formula is C18H20O4S2. The van der Waals surface area contributed by atoms with Gasteiger partial charge in [0.15, 0.2) is 0 Å². The van der Waals surface area contributed by atoms with Gasteiger partial charge in [-0.3, -0.25) is 4.79 Å². The lowest BCUT2D eigenvalue weighted by atomic mass is 10.1. The van der Waals surface area contributed by atoms with Gasteiger partial charge in [0.05, 0.1) is 24.2 Å². The lowest BCUT2D eigenvalue weighted by Gasteiger charge is -2.23. The van der Waals surface area contributed by atoms with Crippen LogP contribution in [0.5, 0.6) is 5.75 Å². The monoisotopic (exact) mass is 364 g/mol. The van der Waals surface area contributed by atoms with E-state index < -0.39 is 12.1 Å². The maximum atomic E-state index is 10.7. The molecule has 0 aliphatic carbocycles. The van der Waals surface area contributed by atoms with Crippen LogP contribution in [0.4, 0.5) is 0 Å². The summed E-state index contributed by atoms with van der Waals surface area (Å²) in [6, 6.07) is 17.4. The zero-order valence-corrected chi connectivity index (χ0v) is 14.9. The molecule has 6 heteroatoms. The van der Waals surface area contributed by atoms with Crippen LogP contribution >= 0.6 is 23.5 Å². The smallest absolute Gasteiger partial charge is 0.313 e. The highest BCUT2D eigenvalue weighted by Gasteiger charge is 2.23. The van der Waals surface area contributed by atoms with Crippen LogP contribution in [0.2, 0.25) is 0 Å². The van der Waals surface area contributed by atoms with Crippen molar-refractivity contribution >= 4 is 29.5 Å². The van der Waals surface area contributed by atoms with Crippen LogP contribution < -0.4 is 4.74 Å². The lowest BCUT2D eigenvalue weighted by molar-refractivity contribution is -0.133. The van der Waals surface area contributed by atoms with Crippen LogP contribution in [0.1, 0.15) is 10.8 Å². The molecule has 0 unspecified atom stereocenters. The number of rotatable bonds is 9. The summed E-state index contributed by atoms with van der Waals surface area (Å²) in [5.74, 6) is 0.246. The molecule has 0 aliphatic rings. The van der Waals surface area contributed by atoms with Crippen LogP contribution in [0, 0.1) is 0 Å². The summed E-state index contributed by atoms with van der Waals surface area (Å²) in [6.07, 6.45) is -0.659. The summed E-state index contributed by atoms with van der Waals surface area (Å²) in [5.41, 5.74) is 1.01. The van der Waals surface area contributed by atoms with Crippen molar-refractivity contribution in [3.63, 3.8) is 0 Å². The summed E-state index contributed by atoms with van der Waals surface area (Å²) in [5, 5.41) is 19.2. The second kappa shape index (κ2) is 9.61. The Hall–Kier alpha value is -1.63. The fourth-order valence-corrected chi connectivity index (χ4v) is 4.22. The van der Waals surface area contributed by atoms with Crippen molar-refractivity contribution in [2.75, 3.05) is 18.6 Å². The predicted octanol–water partition coefficient (Wildman–Crippen LogP) is 3.71. The van der Waals surface area contributed by atoms with E-state index >= 15 is 0 Å². The molecule has 0 spiro atoms. The summed E-state index contributed by atoms with van der Waals surface area (Å²) >= 11 is 2.77. The first kappa shape index (κ1) is 18.7. The van der Waals surface area contributed by atoms with Gasteiger partial charge in [-0.05, 0) is 23.8 Å². The standard InChI is InChI=1S/C18H20O4S2/c1-22-14-8-5-9-15(10-14)24-18(13-6-3-2-4-7-13)16(19)11-23-12-17(20)21/h2-10,16,18-19H,11-12H2,1H3,(H,20,21)/t16-,18+/m1/s1. The highest BCUT2D eigenvalue weighted by Crippen LogP contribution is 2.39. The Bertz CT molecular complexity index is 648. The van der Waals surface area contributed by atoms with Crippen LogP contribution in [0.3, 0.4) is 0 Å². The predicted molar refractivity (Wildman–Crippen MR) is 99.0 cm³/mol. The molecule has 4 nitrogen and oxygen atoms in total. The van der Waals surface area contributed by atoms with Crippen LogP contribution in [-0.2, 0) is 4.79 Å². The SMILES string of the molecule is COc1cccc(S[C@@H](c2ccccc2)[C@H](O)CSCC(=O)O)c1. The van der Waals surface area contributed by atoms with Crippen molar-refractivity contribution in [1.82, 2.24) is 0 Å². The molecule has 2 atom stereocenters. The van der Waals surface area contributed by atoms with Crippen LogP contribution in [0.25, 0.3) is 0 Å². The number of carbonyl (C=O) groups is 1. The molecule has 24 heavy (non-hydrogen) atoms. The summed E-state index contributed by atoms with van der Waals surface area (Å²) in [4.78, 5) is 11.7. The number of ether oxygens (including phenoxy) is 1. The highest BCUT2D eigenvalue weighted by molar-refractivity contribution is 8.00. The second-order valence-electron chi connectivity index (χ2n) is 5.10. The van der Waals surface area contributed by atoms with Crippen molar-refractivity contribution < 1.29 is 19.7 Å². The van der Waals surface area contributed by atoms with E-state index in [1.807, 2.05) is 54.6 Å². The maximum absolute atomic E-state index is 10.7. The number of hydrogen-bond donors (Lipinski definition) is 2. The average Bonchev–Trinajstić information content (AvgIpc) is 2.60. The van der Waals surface area contributed by atoms with Crippen molar-refractivity contribution in [3.8, 4) is 5.75 Å².